The summed E-state index contributed by atoms with van der Waals surface area (Å²) in [5, 5.41) is 9.13. The zero-order chi connectivity index (χ0) is 14.1. The quantitative estimate of drug-likeness (QED) is 0.676. The molecule has 5 nitrogen and oxygen atoms in total. The van der Waals surface area contributed by atoms with Crippen LogP contribution in [0.5, 0.6) is 0 Å². The highest BCUT2D eigenvalue weighted by Crippen LogP contribution is 2.22. The Morgan fingerprint density at radius 2 is 2.00 bits per heavy atom. The van der Waals surface area contributed by atoms with Gasteiger partial charge in [-0.1, -0.05) is 29.7 Å². The van der Waals surface area contributed by atoms with Gasteiger partial charge < -0.3 is 15.3 Å². The maximum absolute atomic E-state index is 13.9. The number of fused-ring (bicyclic) bond motifs is 1. The largest absolute Gasteiger partial charge is 0.450 e. The van der Waals surface area contributed by atoms with Crippen LogP contribution in [0.3, 0.4) is 0 Å². The molecule has 2 heterocycles. The van der Waals surface area contributed by atoms with Crippen LogP contribution in [0.15, 0.2) is 36.8 Å². The van der Waals surface area contributed by atoms with Gasteiger partial charge in [0.1, 0.15) is 17.8 Å². The van der Waals surface area contributed by atoms with Crippen molar-refractivity contribution in [3.05, 3.63) is 48.2 Å². The third-order valence-corrected chi connectivity index (χ3v) is 3.12. The number of hydrogen-bond acceptors (Lipinski definition) is 4. The normalized spacial score (nSPS) is 10.9. The molecule has 99 valence electrons. The van der Waals surface area contributed by atoms with Gasteiger partial charge in [0.25, 0.3) is 0 Å². The predicted octanol–water partition coefficient (Wildman–Crippen LogP) is 0.438. The summed E-state index contributed by atoms with van der Waals surface area (Å²) < 4.78 is 15.6. The lowest BCUT2D eigenvalue weighted by atomic mass is 9.88. The van der Waals surface area contributed by atoms with Crippen LogP contribution in [0, 0.1) is 5.82 Å². The molecule has 3 aromatic rings. The van der Waals surface area contributed by atoms with E-state index in [9.17, 15) is 4.39 Å². The summed E-state index contributed by atoms with van der Waals surface area (Å²) in [6.45, 7) is 0.461. The van der Waals surface area contributed by atoms with Gasteiger partial charge in [-0.25, -0.2) is 14.4 Å². The number of aromatic nitrogens is 3. The van der Waals surface area contributed by atoms with E-state index in [-0.39, 0.29) is 11.2 Å². The molecular formula is C13H11BFN4O. The molecule has 0 aliphatic rings. The van der Waals surface area contributed by atoms with Crippen LogP contribution in [0.25, 0.3) is 11.0 Å². The van der Waals surface area contributed by atoms with Crippen LogP contribution in [0.2, 0.25) is 0 Å². The van der Waals surface area contributed by atoms with Crippen molar-refractivity contribution in [2.75, 3.05) is 5.73 Å². The molecule has 0 amide bonds. The first-order valence-electron chi connectivity index (χ1n) is 6.00. The van der Waals surface area contributed by atoms with E-state index in [0.29, 0.717) is 17.7 Å². The van der Waals surface area contributed by atoms with Crippen molar-refractivity contribution in [3.63, 3.8) is 0 Å². The van der Waals surface area contributed by atoms with Gasteiger partial charge in [-0.3, -0.25) is 0 Å². The van der Waals surface area contributed by atoms with Crippen LogP contribution in [0.4, 0.5) is 10.2 Å². The van der Waals surface area contributed by atoms with Crippen molar-refractivity contribution in [1.82, 2.24) is 14.5 Å². The molecule has 1 radical (unpaired) electrons. The third kappa shape index (κ3) is 2.12. The summed E-state index contributed by atoms with van der Waals surface area (Å²) in [6, 6.07) is 7.27. The summed E-state index contributed by atoms with van der Waals surface area (Å²) in [5.41, 5.74) is 7.81. The van der Waals surface area contributed by atoms with Gasteiger partial charge in [-0.15, -0.1) is 0 Å². The minimum Gasteiger partial charge on any atom is -0.450 e. The first-order valence-corrected chi connectivity index (χ1v) is 6.00. The predicted molar refractivity (Wildman–Crippen MR) is 75.0 cm³/mol. The van der Waals surface area contributed by atoms with Gasteiger partial charge in [-0.05, 0) is 5.56 Å². The number of hydrogen-bond donors (Lipinski definition) is 2. The zero-order valence-corrected chi connectivity index (χ0v) is 10.5. The molecule has 3 rings (SSSR count). The van der Waals surface area contributed by atoms with Crippen molar-refractivity contribution >= 4 is 29.8 Å². The number of rotatable bonds is 3. The molecule has 0 saturated carbocycles. The Kier molecular flexibility index (Phi) is 3.11. The molecule has 1 aromatic carbocycles. The van der Waals surface area contributed by atoms with Crippen molar-refractivity contribution in [2.45, 2.75) is 6.54 Å². The van der Waals surface area contributed by atoms with Crippen molar-refractivity contribution in [1.29, 1.82) is 0 Å². The minimum absolute atomic E-state index is 0.136. The Balaban J connectivity index is 2.00. The highest BCUT2D eigenvalue weighted by Gasteiger charge is 2.13. The molecule has 20 heavy (non-hydrogen) atoms. The van der Waals surface area contributed by atoms with Gasteiger partial charge in [0, 0.05) is 12.7 Å². The molecule has 0 unspecified atom stereocenters. The molecule has 3 N–H and O–H groups in total. The van der Waals surface area contributed by atoms with E-state index in [1.54, 1.807) is 16.7 Å². The fourth-order valence-corrected chi connectivity index (χ4v) is 2.13. The summed E-state index contributed by atoms with van der Waals surface area (Å²) in [7, 11) is 1.03. The molecule has 0 bridgehead atoms. The second kappa shape index (κ2) is 4.94. The van der Waals surface area contributed by atoms with Crippen LogP contribution < -0.4 is 11.2 Å². The van der Waals surface area contributed by atoms with Crippen molar-refractivity contribution in [3.8, 4) is 0 Å². The molecule has 0 atom stereocenters. The highest BCUT2D eigenvalue weighted by molar-refractivity contribution is 6.45. The van der Waals surface area contributed by atoms with E-state index < -0.39 is 5.82 Å². The standard InChI is InChI=1S/C13H11BFN4O/c15-10-6-19(13-11(10)12(16)17-7-18-13)5-8-1-3-9(14-20)4-2-8/h1-4,6-7,20H,5H2,(H2,16,17,18). The Bertz CT molecular complexity index is 757. The Morgan fingerprint density at radius 1 is 1.25 bits per heavy atom. The fourth-order valence-electron chi connectivity index (χ4n) is 2.13. The summed E-state index contributed by atoms with van der Waals surface area (Å²) in [6.07, 6.45) is 2.68. The SMILES string of the molecule is Nc1ncnc2c1c(F)cn2Cc1ccc([B]O)cc1. The summed E-state index contributed by atoms with van der Waals surface area (Å²) in [4.78, 5) is 7.87. The number of benzene rings is 1. The molecule has 7 heteroatoms. The average molecular weight is 269 g/mol. The summed E-state index contributed by atoms with van der Waals surface area (Å²) >= 11 is 0. The second-order valence-electron chi connectivity index (χ2n) is 4.43. The smallest absolute Gasteiger partial charge is 0.326 e. The van der Waals surface area contributed by atoms with E-state index in [0.717, 1.165) is 13.0 Å². The van der Waals surface area contributed by atoms with E-state index >= 15 is 0 Å². The monoisotopic (exact) mass is 269 g/mol. The van der Waals surface area contributed by atoms with Crippen LogP contribution >= 0.6 is 0 Å². The zero-order valence-electron chi connectivity index (χ0n) is 10.5. The summed E-state index contributed by atoms with van der Waals surface area (Å²) in [5.74, 6) is -0.296. The van der Waals surface area contributed by atoms with Gasteiger partial charge in [0.15, 0.2) is 5.82 Å². The molecule has 0 aliphatic heterocycles. The molecule has 0 aliphatic carbocycles. The van der Waals surface area contributed by atoms with Crippen LogP contribution in [0.1, 0.15) is 5.56 Å². The first-order chi connectivity index (χ1) is 9.69. The lowest BCUT2D eigenvalue weighted by Crippen LogP contribution is -2.13. The minimum atomic E-state index is -0.432. The number of anilines is 1. The van der Waals surface area contributed by atoms with Gasteiger partial charge >= 0.3 is 7.48 Å². The number of nitrogens with two attached hydrogens (primary N) is 1. The Hall–Kier alpha value is -2.41. The number of halogens is 1. The third-order valence-electron chi connectivity index (χ3n) is 3.12. The van der Waals surface area contributed by atoms with Gasteiger partial charge in [-0.2, -0.15) is 0 Å². The van der Waals surface area contributed by atoms with E-state index in [1.807, 2.05) is 12.1 Å². The first kappa shape index (κ1) is 12.6. The maximum Gasteiger partial charge on any atom is 0.326 e. The Morgan fingerprint density at radius 3 is 2.70 bits per heavy atom. The van der Waals surface area contributed by atoms with E-state index in [1.165, 1.54) is 12.5 Å². The van der Waals surface area contributed by atoms with Crippen molar-refractivity contribution < 1.29 is 9.41 Å². The topological polar surface area (TPSA) is 77.0 Å². The van der Waals surface area contributed by atoms with Gasteiger partial charge in [0.2, 0.25) is 0 Å². The van der Waals surface area contributed by atoms with E-state index in [2.05, 4.69) is 9.97 Å². The average Bonchev–Trinajstić information content (AvgIpc) is 2.77. The molecule has 0 fully saturated rings. The molecular weight excluding hydrogens is 258 g/mol. The molecule has 2 aromatic heterocycles. The number of nitrogens with zero attached hydrogens (tertiary/aromatic N) is 3. The maximum atomic E-state index is 13.9. The lowest BCUT2D eigenvalue weighted by Gasteiger charge is -2.05. The van der Waals surface area contributed by atoms with Crippen LogP contribution in [-0.2, 0) is 6.54 Å². The highest BCUT2D eigenvalue weighted by atomic mass is 19.1. The molecule has 0 saturated heterocycles. The Labute approximate surface area is 115 Å². The molecule has 0 spiro atoms. The van der Waals surface area contributed by atoms with E-state index in [4.69, 9.17) is 10.8 Å². The van der Waals surface area contributed by atoms with Gasteiger partial charge in [0.05, 0.1) is 5.39 Å². The second-order valence-corrected chi connectivity index (χ2v) is 4.43. The number of nitrogen functional groups attached to an aromatic ring is 1. The van der Waals surface area contributed by atoms with Crippen LogP contribution in [-0.4, -0.2) is 27.0 Å². The van der Waals surface area contributed by atoms with Crippen molar-refractivity contribution in [2.24, 2.45) is 0 Å². The lowest BCUT2D eigenvalue weighted by molar-refractivity contribution is 0.615. The fraction of sp³-hybridized carbons (Fsp3) is 0.0769.